The number of aromatic amines is 1. The number of hydrogen-bond acceptors (Lipinski definition) is 6. The zero-order valence-corrected chi connectivity index (χ0v) is 14.7. The van der Waals surface area contributed by atoms with Gasteiger partial charge in [0.2, 0.25) is 5.91 Å². The predicted molar refractivity (Wildman–Crippen MR) is 94.9 cm³/mol. The van der Waals surface area contributed by atoms with Gasteiger partial charge in [-0.2, -0.15) is 5.10 Å². The molecule has 0 saturated heterocycles. The number of nitrogens with zero attached hydrogens (tertiary/aromatic N) is 3. The van der Waals surface area contributed by atoms with Crippen LogP contribution in [0.5, 0.6) is 5.75 Å². The molecule has 9 heteroatoms. The van der Waals surface area contributed by atoms with Crippen LogP contribution in [0.2, 0.25) is 0 Å². The molecule has 24 heavy (non-hydrogen) atoms. The molecule has 0 aliphatic carbocycles. The second kappa shape index (κ2) is 6.93. The molecule has 2 heterocycles. The maximum Gasteiger partial charge on any atom is 0.246 e. The van der Waals surface area contributed by atoms with Gasteiger partial charge < -0.3 is 10.1 Å². The zero-order chi connectivity index (χ0) is 17.1. The standard InChI is InChI=1S/C15H15N5O2S2/c1-9-7-16-14(24-9)17-12(21)8-20-13(18-19-15(20)23)10-3-5-11(22-2)6-4-10/h3-7H,8H2,1-2H3,(H,19,23)(H,16,17,21). The minimum atomic E-state index is -0.211. The Balaban J connectivity index is 1.81. The minimum Gasteiger partial charge on any atom is -0.497 e. The van der Waals surface area contributed by atoms with Gasteiger partial charge in [0.25, 0.3) is 0 Å². The Morgan fingerprint density at radius 1 is 1.42 bits per heavy atom. The number of methoxy groups -OCH3 is 1. The van der Waals surface area contributed by atoms with Crippen LogP contribution in [0.4, 0.5) is 5.13 Å². The van der Waals surface area contributed by atoms with Crippen molar-refractivity contribution in [1.82, 2.24) is 19.7 Å². The van der Waals surface area contributed by atoms with Crippen molar-refractivity contribution in [3.63, 3.8) is 0 Å². The lowest BCUT2D eigenvalue weighted by Gasteiger charge is -2.07. The molecule has 3 aromatic rings. The van der Waals surface area contributed by atoms with Crippen molar-refractivity contribution in [3.05, 3.63) is 40.1 Å². The minimum absolute atomic E-state index is 0.0509. The van der Waals surface area contributed by atoms with Crippen LogP contribution in [0.1, 0.15) is 4.88 Å². The number of carbonyl (C=O) groups excluding carboxylic acids is 1. The van der Waals surface area contributed by atoms with Crippen LogP contribution in [0.15, 0.2) is 30.5 Å². The highest BCUT2D eigenvalue weighted by Gasteiger charge is 2.13. The van der Waals surface area contributed by atoms with Crippen molar-refractivity contribution >= 4 is 34.6 Å². The van der Waals surface area contributed by atoms with E-state index in [1.54, 1.807) is 17.9 Å². The van der Waals surface area contributed by atoms with Crippen molar-refractivity contribution in [2.24, 2.45) is 0 Å². The summed E-state index contributed by atoms with van der Waals surface area (Å²) >= 11 is 6.66. The SMILES string of the molecule is COc1ccc(-c2n[nH]c(=S)n2CC(=O)Nc2ncc(C)s2)cc1. The lowest BCUT2D eigenvalue weighted by molar-refractivity contribution is -0.116. The summed E-state index contributed by atoms with van der Waals surface area (Å²) in [6.07, 6.45) is 1.71. The quantitative estimate of drug-likeness (QED) is 0.683. The number of thiazole rings is 1. The number of rotatable bonds is 5. The van der Waals surface area contributed by atoms with Crippen LogP contribution in [0.25, 0.3) is 11.4 Å². The molecule has 0 atom stereocenters. The van der Waals surface area contributed by atoms with E-state index in [0.29, 0.717) is 15.7 Å². The van der Waals surface area contributed by atoms with Gasteiger partial charge in [0.15, 0.2) is 15.7 Å². The molecule has 0 unspecified atom stereocenters. The summed E-state index contributed by atoms with van der Waals surface area (Å²) in [5.41, 5.74) is 0.834. The average Bonchev–Trinajstić information content (AvgIpc) is 3.14. The molecule has 0 aliphatic rings. The molecule has 0 radical (unpaired) electrons. The first kappa shape index (κ1) is 16.3. The van der Waals surface area contributed by atoms with Crippen LogP contribution in [0, 0.1) is 11.7 Å². The van der Waals surface area contributed by atoms with Crippen LogP contribution >= 0.6 is 23.6 Å². The number of anilines is 1. The molecule has 1 aromatic carbocycles. The largest absolute Gasteiger partial charge is 0.497 e. The Morgan fingerprint density at radius 2 is 2.17 bits per heavy atom. The summed E-state index contributed by atoms with van der Waals surface area (Å²) in [6.45, 7) is 1.98. The first-order valence-corrected chi connectivity index (χ1v) is 8.31. The molecule has 2 aromatic heterocycles. The van der Waals surface area contributed by atoms with Crippen LogP contribution < -0.4 is 10.1 Å². The fourth-order valence-corrected chi connectivity index (χ4v) is 3.02. The number of amides is 1. The molecule has 0 bridgehead atoms. The maximum absolute atomic E-state index is 12.3. The van der Waals surface area contributed by atoms with E-state index in [9.17, 15) is 4.79 Å². The van der Waals surface area contributed by atoms with E-state index in [-0.39, 0.29) is 12.5 Å². The molecule has 0 spiro atoms. The van der Waals surface area contributed by atoms with Gasteiger partial charge in [-0.3, -0.25) is 14.5 Å². The fraction of sp³-hybridized carbons (Fsp3) is 0.200. The Hall–Kier alpha value is -2.52. The number of nitrogens with one attached hydrogen (secondary N) is 2. The van der Waals surface area contributed by atoms with Crippen LogP contribution in [-0.2, 0) is 11.3 Å². The van der Waals surface area contributed by atoms with Gasteiger partial charge in [0, 0.05) is 16.6 Å². The summed E-state index contributed by atoms with van der Waals surface area (Å²) in [5.74, 6) is 1.13. The molecular formula is C15H15N5O2S2. The van der Waals surface area contributed by atoms with Gasteiger partial charge in [-0.1, -0.05) is 0 Å². The third-order valence-electron chi connectivity index (χ3n) is 3.28. The highest BCUT2D eigenvalue weighted by Crippen LogP contribution is 2.21. The topological polar surface area (TPSA) is 84.8 Å². The highest BCUT2D eigenvalue weighted by molar-refractivity contribution is 7.71. The van der Waals surface area contributed by atoms with Gasteiger partial charge in [-0.25, -0.2) is 4.98 Å². The Morgan fingerprint density at radius 3 is 2.79 bits per heavy atom. The van der Waals surface area contributed by atoms with Crippen LogP contribution in [0.3, 0.4) is 0 Å². The monoisotopic (exact) mass is 361 g/mol. The average molecular weight is 361 g/mol. The number of H-pyrrole nitrogens is 1. The van der Waals surface area contributed by atoms with E-state index < -0.39 is 0 Å². The van der Waals surface area contributed by atoms with Crippen molar-refractivity contribution < 1.29 is 9.53 Å². The van der Waals surface area contributed by atoms with Gasteiger partial charge in [0.1, 0.15) is 12.3 Å². The van der Waals surface area contributed by atoms with E-state index in [4.69, 9.17) is 17.0 Å². The summed E-state index contributed by atoms with van der Waals surface area (Å²) in [6, 6.07) is 7.39. The summed E-state index contributed by atoms with van der Waals surface area (Å²) in [5, 5.41) is 10.3. The summed E-state index contributed by atoms with van der Waals surface area (Å²) in [7, 11) is 1.61. The highest BCUT2D eigenvalue weighted by atomic mass is 32.1. The van der Waals surface area contributed by atoms with E-state index in [1.165, 1.54) is 11.3 Å². The smallest absolute Gasteiger partial charge is 0.246 e. The number of ether oxygens (including phenoxy) is 1. The number of aryl methyl sites for hydroxylation is 1. The molecule has 2 N–H and O–H groups in total. The molecular weight excluding hydrogens is 346 g/mol. The van der Waals surface area contributed by atoms with Crippen LogP contribution in [-0.4, -0.2) is 32.8 Å². The normalized spacial score (nSPS) is 10.6. The number of benzene rings is 1. The Labute approximate surface area is 147 Å². The second-order valence-electron chi connectivity index (χ2n) is 4.99. The van der Waals surface area contributed by atoms with Gasteiger partial charge >= 0.3 is 0 Å². The Kier molecular flexibility index (Phi) is 4.72. The molecule has 1 amide bonds. The van der Waals surface area contributed by atoms with E-state index >= 15 is 0 Å². The molecule has 3 rings (SSSR count). The summed E-state index contributed by atoms with van der Waals surface area (Å²) in [4.78, 5) is 17.4. The fourth-order valence-electron chi connectivity index (χ4n) is 2.14. The maximum atomic E-state index is 12.3. The molecule has 124 valence electrons. The zero-order valence-electron chi connectivity index (χ0n) is 13.1. The molecule has 0 aliphatic heterocycles. The third kappa shape index (κ3) is 3.52. The van der Waals surface area contributed by atoms with Crippen molar-refractivity contribution in [2.45, 2.75) is 13.5 Å². The van der Waals surface area contributed by atoms with Crippen molar-refractivity contribution in [1.29, 1.82) is 0 Å². The van der Waals surface area contributed by atoms with E-state index in [2.05, 4.69) is 20.5 Å². The second-order valence-corrected chi connectivity index (χ2v) is 6.61. The van der Waals surface area contributed by atoms with E-state index in [0.717, 1.165) is 16.2 Å². The van der Waals surface area contributed by atoms with E-state index in [1.807, 2.05) is 31.2 Å². The number of carbonyl (C=O) groups is 1. The van der Waals surface area contributed by atoms with Crippen molar-refractivity contribution in [3.8, 4) is 17.1 Å². The van der Waals surface area contributed by atoms with Gasteiger partial charge in [-0.05, 0) is 43.4 Å². The first-order valence-electron chi connectivity index (χ1n) is 7.08. The molecule has 7 nitrogen and oxygen atoms in total. The predicted octanol–water partition coefficient (Wildman–Crippen LogP) is 3.02. The van der Waals surface area contributed by atoms with Gasteiger partial charge in [0.05, 0.1) is 7.11 Å². The molecule has 0 saturated carbocycles. The number of hydrogen-bond donors (Lipinski definition) is 2. The lowest BCUT2D eigenvalue weighted by Crippen LogP contribution is -2.19. The Bertz CT molecular complexity index is 911. The number of aromatic nitrogens is 4. The molecule has 0 fully saturated rings. The lowest BCUT2D eigenvalue weighted by atomic mass is 10.2. The van der Waals surface area contributed by atoms with Gasteiger partial charge in [-0.15, -0.1) is 11.3 Å². The third-order valence-corrected chi connectivity index (χ3v) is 4.42. The summed E-state index contributed by atoms with van der Waals surface area (Å²) < 4.78 is 7.17. The first-order chi connectivity index (χ1) is 11.6. The van der Waals surface area contributed by atoms with Crippen molar-refractivity contribution in [2.75, 3.05) is 12.4 Å².